The Hall–Kier alpha value is -3.67. The molecule has 0 spiro atoms. The van der Waals surface area contributed by atoms with E-state index in [4.69, 9.17) is 14.7 Å². The molecule has 6 heteroatoms. The van der Waals surface area contributed by atoms with Gasteiger partial charge in [0.15, 0.2) is 11.4 Å². The van der Waals surface area contributed by atoms with Gasteiger partial charge in [0.25, 0.3) is 0 Å². The zero-order chi connectivity index (χ0) is 22.9. The van der Waals surface area contributed by atoms with E-state index in [1.54, 1.807) is 0 Å². The maximum absolute atomic E-state index is 12.5. The Labute approximate surface area is 192 Å². The maximum atomic E-state index is 12.5. The van der Waals surface area contributed by atoms with Gasteiger partial charge in [0.1, 0.15) is 16.9 Å². The molecule has 0 bridgehead atoms. The van der Waals surface area contributed by atoms with Crippen molar-refractivity contribution in [3.05, 3.63) is 72.2 Å². The highest BCUT2D eigenvalue weighted by atomic mass is 16.5. The Balaban J connectivity index is 1.83. The Bertz CT molecular complexity index is 1450. The van der Waals surface area contributed by atoms with E-state index in [-0.39, 0.29) is 12.0 Å². The minimum absolute atomic E-state index is 0.0149. The predicted molar refractivity (Wildman–Crippen MR) is 131 cm³/mol. The second kappa shape index (κ2) is 8.70. The number of nitrogens with zero attached hydrogens (tertiary/aromatic N) is 4. The van der Waals surface area contributed by atoms with E-state index in [2.05, 4.69) is 41.0 Å². The lowest BCUT2D eigenvalue weighted by Gasteiger charge is -2.15. The molecule has 1 atom stereocenters. The van der Waals surface area contributed by atoms with Gasteiger partial charge in [-0.15, -0.1) is 0 Å². The minimum Gasteiger partial charge on any atom is -0.424 e. The summed E-state index contributed by atoms with van der Waals surface area (Å²) in [7, 11) is 0. The highest BCUT2D eigenvalue weighted by Gasteiger charge is 2.24. The SMILES string of the molecule is CCCC(=O)Oc1cn([C@H](C)c2ccccc2)c2nc(CCC)n3c4ccccc4nc3c12. The average Bonchev–Trinajstić information content (AvgIpc) is 3.38. The first-order chi connectivity index (χ1) is 16.1. The molecular formula is C27H28N4O2. The molecule has 0 aliphatic rings. The van der Waals surface area contributed by atoms with Crippen LogP contribution in [0.15, 0.2) is 60.8 Å². The number of carbonyl (C=O) groups is 1. The molecule has 0 N–H and O–H groups in total. The predicted octanol–water partition coefficient (Wildman–Crippen LogP) is 6.10. The van der Waals surface area contributed by atoms with E-state index in [9.17, 15) is 4.79 Å². The highest BCUT2D eigenvalue weighted by Crippen LogP contribution is 2.36. The normalized spacial score (nSPS) is 12.6. The molecule has 5 aromatic rings. The van der Waals surface area contributed by atoms with E-state index < -0.39 is 0 Å². The van der Waals surface area contributed by atoms with E-state index >= 15 is 0 Å². The van der Waals surface area contributed by atoms with Crippen LogP contribution >= 0.6 is 0 Å². The maximum Gasteiger partial charge on any atom is 0.311 e. The van der Waals surface area contributed by atoms with Crippen LogP contribution in [-0.4, -0.2) is 24.9 Å². The Morgan fingerprint density at radius 3 is 2.48 bits per heavy atom. The Morgan fingerprint density at radius 1 is 0.970 bits per heavy atom. The molecule has 6 nitrogen and oxygen atoms in total. The summed E-state index contributed by atoms with van der Waals surface area (Å²) >= 11 is 0. The summed E-state index contributed by atoms with van der Waals surface area (Å²) < 4.78 is 10.1. The molecule has 0 saturated carbocycles. The molecule has 0 saturated heterocycles. The number of aromatic nitrogens is 4. The molecule has 3 aromatic heterocycles. The van der Waals surface area contributed by atoms with Crippen molar-refractivity contribution in [1.82, 2.24) is 18.9 Å². The van der Waals surface area contributed by atoms with Crippen LogP contribution in [0.2, 0.25) is 0 Å². The molecule has 3 heterocycles. The average molecular weight is 441 g/mol. The summed E-state index contributed by atoms with van der Waals surface area (Å²) in [6, 6.07) is 18.4. The largest absolute Gasteiger partial charge is 0.424 e. The van der Waals surface area contributed by atoms with E-state index in [0.717, 1.165) is 58.4 Å². The lowest BCUT2D eigenvalue weighted by molar-refractivity contribution is -0.134. The van der Waals surface area contributed by atoms with Gasteiger partial charge in [0, 0.05) is 12.8 Å². The van der Waals surface area contributed by atoms with Crippen molar-refractivity contribution >= 4 is 33.7 Å². The van der Waals surface area contributed by atoms with Gasteiger partial charge in [-0.3, -0.25) is 9.20 Å². The van der Waals surface area contributed by atoms with Crippen molar-refractivity contribution in [3.8, 4) is 5.75 Å². The fraction of sp³-hybridized carbons (Fsp3) is 0.296. The van der Waals surface area contributed by atoms with Gasteiger partial charge in [-0.2, -0.15) is 0 Å². The summed E-state index contributed by atoms with van der Waals surface area (Å²) in [6.45, 7) is 6.26. The first-order valence-electron chi connectivity index (χ1n) is 11.7. The van der Waals surface area contributed by atoms with Crippen molar-refractivity contribution < 1.29 is 9.53 Å². The van der Waals surface area contributed by atoms with Crippen molar-refractivity contribution in [3.63, 3.8) is 0 Å². The number of aryl methyl sites for hydroxylation is 1. The number of hydrogen-bond donors (Lipinski definition) is 0. The lowest BCUT2D eigenvalue weighted by Crippen LogP contribution is -2.08. The van der Waals surface area contributed by atoms with Crippen LogP contribution in [0.3, 0.4) is 0 Å². The van der Waals surface area contributed by atoms with Crippen LogP contribution < -0.4 is 4.74 Å². The molecule has 0 radical (unpaired) electrons. The first kappa shape index (κ1) is 21.2. The fourth-order valence-corrected chi connectivity index (χ4v) is 4.48. The monoisotopic (exact) mass is 440 g/mol. The van der Waals surface area contributed by atoms with E-state index in [0.29, 0.717) is 12.2 Å². The van der Waals surface area contributed by atoms with Gasteiger partial charge >= 0.3 is 5.97 Å². The van der Waals surface area contributed by atoms with Gasteiger partial charge in [-0.05, 0) is 37.5 Å². The summed E-state index contributed by atoms with van der Waals surface area (Å²) in [5, 5.41) is 0.776. The number of benzene rings is 2. The number of hydrogen-bond acceptors (Lipinski definition) is 4. The zero-order valence-corrected chi connectivity index (χ0v) is 19.3. The van der Waals surface area contributed by atoms with Crippen molar-refractivity contribution in [1.29, 1.82) is 0 Å². The van der Waals surface area contributed by atoms with Crippen LogP contribution in [0.5, 0.6) is 5.75 Å². The highest BCUT2D eigenvalue weighted by molar-refractivity contribution is 6.01. The molecule has 5 rings (SSSR count). The number of imidazole rings is 1. The quantitative estimate of drug-likeness (QED) is 0.287. The molecule has 0 aliphatic carbocycles. The molecule has 0 fully saturated rings. The zero-order valence-electron chi connectivity index (χ0n) is 19.3. The van der Waals surface area contributed by atoms with Gasteiger partial charge < -0.3 is 9.30 Å². The third-order valence-electron chi connectivity index (χ3n) is 6.10. The molecule has 0 unspecified atom stereocenters. The molecule has 0 amide bonds. The molecule has 2 aromatic carbocycles. The summed E-state index contributed by atoms with van der Waals surface area (Å²) in [6.07, 6.45) is 4.81. The number of esters is 1. The Kier molecular flexibility index (Phi) is 5.58. The minimum atomic E-state index is -0.240. The van der Waals surface area contributed by atoms with Crippen molar-refractivity contribution in [2.24, 2.45) is 0 Å². The smallest absolute Gasteiger partial charge is 0.311 e. The molecule has 168 valence electrons. The number of fused-ring (bicyclic) bond motifs is 5. The lowest BCUT2D eigenvalue weighted by atomic mass is 10.1. The fourth-order valence-electron chi connectivity index (χ4n) is 4.48. The second-order valence-electron chi connectivity index (χ2n) is 8.45. The van der Waals surface area contributed by atoms with Crippen molar-refractivity contribution in [2.45, 2.75) is 52.5 Å². The topological polar surface area (TPSA) is 61.4 Å². The number of para-hydroxylation sites is 2. The number of rotatable bonds is 7. The van der Waals surface area contributed by atoms with Crippen LogP contribution in [0, 0.1) is 0 Å². The van der Waals surface area contributed by atoms with Crippen LogP contribution in [0.25, 0.3) is 27.7 Å². The molecular weight excluding hydrogens is 412 g/mol. The Morgan fingerprint density at radius 2 is 1.73 bits per heavy atom. The van der Waals surface area contributed by atoms with Crippen LogP contribution in [0.1, 0.15) is 57.5 Å². The summed E-state index contributed by atoms with van der Waals surface area (Å²) in [5.74, 6) is 1.23. The number of carbonyl (C=O) groups excluding carboxylic acids is 1. The van der Waals surface area contributed by atoms with Gasteiger partial charge in [0.2, 0.25) is 0 Å². The van der Waals surface area contributed by atoms with Crippen LogP contribution in [-0.2, 0) is 11.2 Å². The van der Waals surface area contributed by atoms with Gasteiger partial charge in [-0.1, -0.05) is 56.3 Å². The van der Waals surface area contributed by atoms with Gasteiger partial charge in [-0.25, -0.2) is 9.97 Å². The third-order valence-corrected chi connectivity index (χ3v) is 6.10. The van der Waals surface area contributed by atoms with Crippen LogP contribution in [0.4, 0.5) is 0 Å². The standard InChI is InChI=1S/C27H28N4O2/c1-4-11-23-29-26-25(27-28-20-15-9-10-16-21(20)31(23)27)22(33-24(32)12-5-2)17-30(26)18(3)19-13-7-6-8-14-19/h6-10,13-18H,4-5,11-12H2,1-3H3/t18-/m1/s1. The molecule has 33 heavy (non-hydrogen) atoms. The van der Waals surface area contributed by atoms with Crippen molar-refractivity contribution in [2.75, 3.05) is 0 Å². The summed E-state index contributed by atoms with van der Waals surface area (Å²) in [5.41, 5.74) is 4.65. The first-order valence-corrected chi connectivity index (χ1v) is 11.7. The summed E-state index contributed by atoms with van der Waals surface area (Å²) in [4.78, 5) is 22.6. The second-order valence-corrected chi connectivity index (χ2v) is 8.45. The molecule has 0 aliphatic heterocycles. The third kappa shape index (κ3) is 3.65. The van der Waals surface area contributed by atoms with Gasteiger partial charge in [0.05, 0.1) is 23.3 Å². The number of ether oxygens (including phenoxy) is 1. The van der Waals surface area contributed by atoms with E-state index in [1.165, 1.54) is 0 Å². The van der Waals surface area contributed by atoms with E-state index in [1.807, 2.05) is 49.5 Å².